The highest BCUT2D eigenvalue weighted by Gasteiger charge is 2.17. The summed E-state index contributed by atoms with van der Waals surface area (Å²) in [5.41, 5.74) is 0.897. The average Bonchev–Trinajstić information content (AvgIpc) is 2.40. The van der Waals surface area contributed by atoms with Crippen molar-refractivity contribution >= 4 is 28.8 Å². The quantitative estimate of drug-likeness (QED) is 0.849. The largest absolute Gasteiger partial charge is 0.494 e. The first-order valence-corrected chi connectivity index (χ1v) is 5.53. The van der Waals surface area contributed by atoms with E-state index in [1.54, 1.807) is 12.3 Å². The summed E-state index contributed by atoms with van der Waals surface area (Å²) in [6.07, 6.45) is 1.67. The number of halogens is 1. The van der Waals surface area contributed by atoms with Gasteiger partial charge < -0.3 is 10.1 Å². The Morgan fingerprint density at radius 2 is 2.22 bits per heavy atom. The monoisotopic (exact) mass is 261 g/mol. The maximum atomic E-state index is 8.77. The van der Waals surface area contributed by atoms with Gasteiger partial charge in [-0.2, -0.15) is 0 Å². The van der Waals surface area contributed by atoms with E-state index in [1.165, 1.54) is 13.2 Å². The van der Waals surface area contributed by atoms with E-state index in [2.05, 4.69) is 15.3 Å². The Balaban J connectivity index is 2.39. The fourth-order valence-corrected chi connectivity index (χ4v) is 1.66. The van der Waals surface area contributed by atoms with Crippen LogP contribution in [-0.2, 0) is 0 Å². The molecule has 0 saturated carbocycles. The second-order valence-electron chi connectivity index (χ2n) is 3.44. The fraction of sp³-hybridized carbons (Fsp3) is 0.0833. The normalized spacial score (nSPS) is 9.61. The molecule has 6 heteroatoms. The highest BCUT2D eigenvalue weighted by Crippen LogP contribution is 2.37. The maximum absolute atomic E-state index is 8.77. The molecule has 1 aromatic heterocycles. The number of methoxy groups -OCH3 is 1. The van der Waals surface area contributed by atoms with Gasteiger partial charge in [0.05, 0.1) is 18.9 Å². The lowest BCUT2D eigenvalue weighted by atomic mass is 10.2. The SMILES string of the molecule is COc1cc([N+]#N)c(Cl)cc1Nc1ccccn1. The van der Waals surface area contributed by atoms with Crippen LogP contribution in [0.3, 0.4) is 0 Å². The summed E-state index contributed by atoms with van der Waals surface area (Å²) in [4.78, 5) is 7.21. The Bertz CT molecular complexity index is 595. The third-order valence-electron chi connectivity index (χ3n) is 2.30. The number of hydrogen-bond acceptors (Lipinski definition) is 4. The summed E-state index contributed by atoms with van der Waals surface area (Å²) in [6, 6.07) is 8.65. The number of aromatic nitrogens is 1. The first-order valence-electron chi connectivity index (χ1n) is 5.15. The van der Waals surface area contributed by atoms with E-state index in [0.717, 1.165) is 0 Å². The number of rotatable bonds is 3. The first-order chi connectivity index (χ1) is 8.74. The molecule has 0 bridgehead atoms. The third kappa shape index (κ3) is 2.50. The first kappa shape index (κ1) is 12.1. The smallest absolute Gasteiger partial charge is 0.407 e. The van der Waals surface area contributed by atoms with Crippen LogP contribution in [0.1, 0.15) is 0 Å². The minimum absolute atomic E-state index is 0.250. The molecule has 0 aliphatic carbocycles. The standard InChI is InChI=1S/C12H10ClN4O/c1-18-11-7-9(17-14)8(13)6-10(11)16-12-4-2-3-5-15-12/h2-7H,1H3,(H,15,16)/q+1. The van der Waals surface area contributed by atoms with Crippen LogP contribution in [-0.4, -0.2) is 12.1 Å². The number of diazo groups is 1. The van der Waals surface area contributed by atoms with Crippen LogP contribution in [0.15, 0.2) is 36.5 Å². The molecule has 90 valence electrons. The summed E-state index contributed by atoms with van der Waals surface area (Å²) in [5, 5.41) is 12.2. The van der Waals surface area contributed by atoms with Gasteiger partial charge in [-0.3, -0.25) is 0 Å². The van der Waals surface area contributed by atoms with Gasteiger partial charge in [0.15, 0.2) is 10.7 Å². The lowest BCUT2D eigenvalue weighted by molar-refractivity contribution is 0.417. The number of pyridine rings is 1. The Morgan fingerprint density at radius 1 is 1.39 bits per heavy atom. The number of hydrogen-bond donors (Lipinski definition) is 1. The highest BCUT2D eigenvalue weighted by atomic mass is 35.5. The molecule has 1 N–H and O–H groups in total. The summed E-state index contributed by atoms with van der Waals surface area (Å²) in [5.74, 6) is 1.18. The molecular formula is C12H10ClN4O+. The van der Waals surface area contributed by atoms with Gasteiger partial charge in [-0.25, -0.2) is 4.98 Å². The highest BCUT2D eigenvalue weighted by molar-refractivity contribution is 6.33. The van der Waals surface area contributed by atoms with Crippen LogP contribution in [0, 0.1) is 5.39 Å². The van der Waals surface area contributed by atoms with E-state index in [4.69, 9.17) is 21.7 Å². The van der Waals surface area contributed by atoms with Gasteiger partial charge in [0.1, 0.15) is 10.8 Å². The summed E-state index contributed by atoms with van der Waals surface area (Å²) >= 11 is 5.95. The molecule has 0 saturated heterocycles. The van der Waals surface area contributed by atoms with Crippen LogP contribution in [0.4, 0.5) is 17.2 Å². The zero-order chi connectivity index (χ0) is 13.0. The van der Waals surface area contributed by atoms with Crippen molar-refractivity contribution in [1.82, 2.24) is 4.98 Å². The molecule has 5 nitrogen and oxygen atoms in total. The zero-order valence-corrected chi connectivity index (χ0v) is 10.3. The maximum Gasteiger partial charge on any atom is 0.407 e. The van der Waals surface area contributed by atoms with Crippen molar-refractivity contribution in [2.75, 3.05) is 12.4 Å². The van der Waals surface area contributed by atoms with E-state index < -0.39 is 0 Å². The minimum Gasteiger partial charge on any atom is -0.494 e. The lowest BCUT2D eigenvalue weighted by Crippen LogP contribution is -1.96. The average molecular weight is 262 g/mol. The second-order valence-corrected chi connectivity index (χ2v) is 3.85. The predicted molar refractivity (Wildman–Crippen MR) is 70.3 cm³/mol. The molecule has 0 unspecified atom stereocenters. The molecule has 0 aliphatic rings. The molecule has 0 spiro atoms. The number of anilines is 2. The number of ether oxygens (including phenoxy) is 1. The van der Waals surface area contributed by atoms with Crippen LogP contribution in [0.25, 0.3) is 4.98 Å². The van der Waals surface area contributed by atoms with Crippen LogP contribution >= 0.6 is 11.6 Å². The molecular weight excluding hydrogens is 252 g/mol. The van der Waals surface area contributed by atoms with Gasteiger partial charge in [0.25, 0.3) is 0 Å². The Morgan fingerprint density at radius 3 is 2.83 bits per heavy atom. The minimum atomic E-state index is 0.250. The van der Waals surface area contributed by atoms with Crippen LogP contribution in [0.5, 0.6) is 5.75 Å². The third-order valence-corrected chi connectivity index (χ3v) is 2.61. The van der Waals surface area contributed by atoms with Crippen LogP contribution in [0.2, 0.25) is 5.02 Å². The van der Waals surface area contributed by atoms with Crippen molar-refractivity contribution in [1.29, 1.82) is 5.39 Å². The summed E-state index contributed by atoms with van der Waals surface area (Å²) < 4.78 is 5.20. The fourth-order valence-electron chi connectivity index (χ4n) is 1.46. The van der Waals surface area contributed by atoms with E-state index >= 15 is 0 Å². The predicted octanol–water partition coefficient (Wildman–Crippen LogP) is 3.97. The van der Waals surface area contributed by atoms with E-state index in [0.29, 0.717) is 22.3 Å². The lowest BCUT2D eigenvalue weighted by Gasteiger charge is -2.09. The number of benzene rings is 1. The molecule has 0 fully saturated rings. The summed E-state index contributed by atoms with van der Waals surface area (Å²) in [7, 11) is 1.52. The van der Waals surface area contributed by atoms with Crippen LogP contribution < -0.4 is 10.1 Å². The number of nitrogens with zero attached hydrogens (tertiary/aromatic N) is 3. The van der Waals surface area contributed by atoms with Gasteiger partial charge in [-0.05, 0) is 18.2 Å². The Kier molecular flexibility index (Phi) is 3.60. The van der Waals surface area contributed by atoms with Gasteiger partial charge in [0, 0.05) is 6.20 Å². The number of nitrogens with one attached hydrogen (secondary N) is 1. The summed E-state index contributed by atoms with van der Waals surface area (Å²) in [6.45, 7) is 0. The molecule has 0 amide bonds. The molecule has 0 aliphatic heterocycles. The van der Waals surface area contributed by atoms with E-state index in [-0.39, 0.29) is 5.69 Å². The van der Waals surface area contributed by atoms with Gasteiger partial charge in [0.2, 0.25) is 5.39 Å². The topological polar surface area (TPSA) is 62.3 Å². The van der Waals surface area contributed by atoms with Crippen molar-refractivity contribution < 1.29 is 4.74 Å². The molecule has 0 atom stereocenters. The van der Waals surface area contributed by atoms with Crippen molar-refractivity contribution in [2.24, 2.45) is 0 Å². The van der Waals surface area contributed by atoms with Crippen molar-refractivity contribution in [3.05, 3.63) is 46.5 Å². The van der Waals surface area contributed by atoms with Crippen molar-refractivity contribution in [3.8, 4) is 5.75 Å². The van der Waals surface area contributed by atoms with E-state index in [1.807, 2.05) is 18.2 Å². The molecule has 1 aromatic carbocycles. The molecule has 2 aromatic rings. The molecule has 2 rings (SSSR count). The van der Waals surface area contributed by atoms with Gasteiger partial charge in [-0.15, -0.1) is 0 Å². The molecule has 18 heavy (non-hydrogen) atoms. The van der Waals surface area contributed by atoms with Crippen molar-refractivity contribution in [2.45, 2.75) is 0 Å². The van der Waals surface area contributed by atoms with Gasteiger partial charge >= 0.3 is 5.69 Å². The Hall–Kier alpha value is -2.32. The Labute approximate surface area is 109 Å². The molecule has 1 heterocycles. The zero-order valence-electron chi connectivity index (χ0n) is 9.59. The van der Waals surface area contributed by atoms with E-state index in [9.17, 15) is 0 Å². The second kappa shape index (κ2) is 5.34. The van der Waals surface area contributed by atoms with Crippen molar-refractivity contribution in [3.63, 3.8) is 0 Å². The molecule has 0 radical (unpaired) electrons. The van der Waals surface area contributed by atoms with Gasteiger partial charge in [-0.1, -0.05) is 17.7 Å².